The molecule has 38 heavy (non-hydrogen) atoms. The third-order valence-electron chi connectivity index (χ3n) is 6.62. The van der Waals surface area contributed by atoms with E-state index in [0.717, 1.165) is 11.3 Å². The van der Waals surface area contributed by atoms with Gasteiger partial charge in [0.2, 0.25) is 5.78 Å². The molecule has 2 aliphatic rings. The fourth-order valence-electron chi connectivity index (χ4n) is 4.82. The van der Waals surface area contributed by atoms with Gasteiger partial charge in [-0.05, 0) is 35.4 Å². The Kier molecular flexibility index (Phi) is 7.28. The lowest BCUT2D eigenvalue weighted by molar-refractivity contribution is -0.115. The largest absolute Gasteiger partial charge is 0.393 e. The van der Waals surface area contributed by atoms with E-state index >= 15 is 0 Å². The number of aromatic nitrogens is 2. The Morgan fingerprint density at radius 2 is 2.11 bits per heavy atom. The molecule has 0 bridgehead atoms. The number of thiophene rings is 1. The van der Waals surface area contributed by atoms with Crippen molar-refractivity contribution in [1.82, 2.24) is 9.97 Å². The minimum atomic E-state index is -4.13. The summed E-state index contributed by atoms with van der Waals surface area (Å²) in [6.45, 7) is -1.02. The van der Waals surface area contributed by atoms with Gasteiger partial charge < -0.3 is 15.2 Å². The van der Waals surface area contributed by atoms with Gasteiger partial charge in [-0.25, -0.2) is 15.1 Å². The Morgan fingerprint density at radius 1 is 1.32 bits per heavy atom. The van der Waals surface area contributed by atoms with E-state index in [1.54, 1.807) is 29.6 Å². The van der Waals surface area contributed by atoms with Crippen LogP contribution in [-0.2, 0) is 25.1 Å². The number of nitrogens with one attached hydrogen (secondary N) is 1. The van der Waals surface area contributed by atoms with Crippen molar-refractivity contribution in [1.29, 1.82) is 0 Å². The lowest BCUT2D eigenvalue weighted by atomic mass is 9.92. The number of nitrogens with two attached hydrogens (primary N) is 1. The molecule has 202 valence electrons. The van der Waals surface area contributed by atoms with Crippen molar-refractivity contribution in [3.05, 3.63) is 75.4 Å². The topological polar surface area (TPSA) is 154 Å². The smallest absolute Gasteiger partial charge is 0.333 e. The van der Waals surface area contributed by atoms with E-state index in [1.165, 1.54) is 18.6 Å². The number of hydrogen-bond acceptors (Lipinski definition) is 10. The van der Waals surface area contributed by atoms with Crippen LogP contribution in [0.25, 0.3) is 0 Å². The van der Waals surface area contributed by atoms with Gasteiger partial charge in [0.25, 0.3) is 5.92 Å². The SMILES string of the molecule is NS(=O)(=O)OC[C@H]1C[C@@H](Nc2ncncc2C(=O)c2cc([C@H]3OCC(F)(F)c4ccccc43)cs2)C[C@@H]1O. The monoisotopic (exact) mass is 566 g/mol. The predicted octanol–water partition coefficient (Wildman–Crippen LogP) is 2.75. The van der Waals surface area contributed by atoms with Crippen molar-refractivity contribution in [2.75, 3.05) is 18.5 Å². The highest BCUT2D eigenvalue weighted by atomic mass is 32.2. The van der Waals surface area contributed by atoms with Crippen molar-refractivity contribution >= 4 is 33.2 Å². The molecule has 2 aromatic heterocycles. The van der Waals surface area contributed by atoms with Crippen LogP contribution < -0.4 is 10.5 Å². The number of anilines is 1. The standard InChI is InChI=1S/C24H24F2N4O6S2/c25-24(26)11-35-22(16-3-1-2-4-18(16)24)14-6-20(37-10-14)21(32)17-8-28-12-29-23(17)30-15-5-13(19(31)7-15)9-36-38(27,33)34/h1-4,6,8,10,12-13,15,19,22,31H,5,7,9,11H2,(H2,27,33,34)(H,28,29,30)/t13-,15-,19+,22-/m1/s1. The maximum Gasteiger partial charge on any atom is 0.333 e. The van der Waals surface area contributed by atoms with Gasteiger partial charge in [0, 0.05) is 23.7 Å². The number of hydrogen-bond donors (Lipinski definition) is 3. The molecule has 0 spiro atoms. The first-order valence-corrected chi connectivity index (χ1v) is 14.0. The zero-order valence-electron chi connectivity index (χ0n) is 19.8. The summed E-state index contributed by atoms with van der Waals surface area (Å²) in [5.74, 6) is -3.69. The molecule has 5 rings (SSSR count). The van der Waals surface area contributed by atoms with Gasteiger partial charge in [-0.2, -0.15) is 17.2 Å². The second-order valence-corrected chi connectivity index (χ2v) is 11.4. The Balaban J connectivity index is 1.32. The van der Waals surface area contributed by atoms with Crippen LogP contribution in [-0.4, -0.2) is 54.6 Å². The fraction of sp³-hybridized carbons (Fsp3) is 0.375. The Hall–Kier alpha value is -2.88. The minimum Gasteiger partial charge on any atom is -0.393 e. The molecule has 1 aliphatic heterocycles. The number of nitrogens with zero attached hydrogens (tertiary/aromatic N) is 2. The molecule has 0 amide bonds. The highest BCUT2D eigenvalue weighted by molar-refractivity contribution is 7.84. The van der Waals surface area contributed by atoms with Gasteiger partial charge in [-0.15, -0.1) is 11.3 Å². The molecule has 0 saturated heterocycles. The molecule has 3 aromatic rings. The predicted molar refractivity (Wildman–Crippen MR) is 133 cm³/mol. The molecule has 10 nitrogen and oxygen atoms in total. The molecule has 0 unspecified atom stereocenters. The summed E-state index contributed by atoms with van der Waals surface area (Å²) in [4.78, 5) is 21.9. The van der Waals surface area contributed by atoms with Gasteiger partial charge in [-0.3, -0.25) is 8.98 Å². The Bertz CT molecular complexity index is 1450. The number of benzene rings is 1. The summed E-state index contributed by atoms with van der Waals surface area (Å²) in [7, 11) is -4.13. The Labute approximate surface area is 221 Å². The number of aliphatic hydroxyl groups excluding tert-OH is 1. The third-order valence-corrected chi connectivity index (χ3v) is 8.03. The van der Waals surface area contributed by atoms with Gasteiger partial charge >= 0.3 is 10.3 Å². The minimum absolute atomic E-state index is 0.0928. The second-order valence-electron chi connectivity index (χ2n) is 9.26. The number of alkyl halides is 2. The first kappa shape index (κ1) is 26.7. The Morgan fingerprint density at radius 3 is 2.89 bits per heavy atom. The van der Waals surface area contributed by atoms with Crippen molar-refractivity contribution in [2.24, 2.45) is 11.1 Å². The van der Waals surface area contributed by atoms with Gasteiger partial charge in [0.05, 0.1) is 23.2 Å². The molecule has 14 heteroatoms. The van der Waals surface area contributed by atoms with E-state index in [1.807, 2.05) is 0 Å². The van der Waals surface area contributed by atoms with Crippen LogP contribution in [0, 0.1) is 5.92 Å². The number of ether oxygens (including phenoxy) is 1. The molecular weight excluding hydrogens is 542 g/mol. The van der Waals surface area contributed by atoms with Crippen molar-refractivity contribution in [2.45, 2.75) is 37.0 Å². The number of fused-ring (bicyclic) bond motifs is 1. The van der Waals surface area contributed by atoms with E-state index in [2.05, 4.69) is 19.5 Å². The van der Waals surface area contributed by atoms with Crippen molar-refractivity contribution < 1.29 is 36.0 Å². The van der Waals surface area contributed by atoms with Crippen molar-refractivity contribution in [3.8, 4) is 0 Å². The third kappa shape index (κ3) is 5.60. The average molecular weight is 567 g/mol. The maximum atomic E-state index is 14.3. The number of carbonyl (C=O) groups excluding carboxylic acids is 1. The molecule has 4 atom stereocenters. The van der Waals surface area contributed by atoms with Crippen LogP contribution in [0.15, 0.2) is 48.2 Å². The van der Waals surface area contributed by atoms with E-state index in [9.17, 15) is 27.1 Å². The summed E-state index contributed by atoms with van der Waals surface area (Å²) in [5.41, 5.74) is 1.04. The van der Waals surface area contributed by atoms with Gasteiger partial charge in [0.1, 0.15) is 24.9 Å². The average Bonchev–Trinajstić information content (AvgIpc) is 3.49. The summed E-state index contributed by atoms with van der Waals surface area (Å²) in [5, 5.41) is 20.0. The summed E-state index contributed by atoms with van der Waals surface area (Å²) < 4.78 is 61.0. The number of rotatable bonds is 8. The first-order chi connectivity index (χ1) is 18.0. The van der Waals surface area contributed by atoms with E-state index in [0.29, 0.717) is 22.4 Å². The lowest BCUT2D eigenvalue weighted by Crippen LogP contribution is -2.30. The molecular formula is C24H24F2N4O6S2. The zero-order valence-corrected chi connectivity index (χ0v) is 21.4. The number of aliphatic hydroxyl groups is 1. The number of ketones is 1. The molecule has 4 N–H and O–H groups in total. The molecule has 1 aliphatic carbocycles. The van der Waals surface area contributed by atoms with Gasteiger partial charge in [0.15, 0.2) is 0 Å². The highest BCUT2D eigenvalue weighted by Crippen LogP contribution is 2.43. The summed E-state index contributed by atoms with van der Waals surface area (Å²) in [6, 6.07) is 7.51. The molecule has 1 saturated carbocycles. The zero-order chi connectivity index (χ0) is 27.1. The molecule has 1 fully saturated rings. The summed E-state index contributed by atoms with van der Waals surface area (Å²) >= 11 is 1.16. The quantitative estimate of drug-likeness (QED) is 0.349. The van der Waals surface area contributed by atoms with Crippen LogP contribution in [0.1, 0.15) is 50.9 Å². The highest BCUT2D eigenvalue weighted by Gasteiger charge is 2.42. The van der Waals surface area contributed by atoms with Crippen LogP contribution in [0.3, 0.4) is 0 Å². The molecule has 3 heterocycles. The van der Waals surface area contributed by atoms with Crippen LogP contribution >= 0.6 is 11.3 Å². The fourth-order valence-corrected chi connectivity index (χ4v) is 6.06. The van der Waals surface area contributed by atoms with E-state index in [-0.39, 0.29) is 41.8 Å². The first-order valence-electron chi connectivity index (χ1n) is 11.7. The van der Waals surface area contributed by atoms with Crippen LogP contribution in [0.5, 0.6) is 0 Å². The normalized spacial score (nSPS) is 24.6. The van der Waals surface area contributed by atoms with E-state index < -0.39 is 41.0 Å². The van der Waals surface area contributed by atoms with Crippen LogP contribution in [0.2, 0.25) is 0 Å². The summed E-state index contributed by atoms with van der Waals surface area (Å²) in [6.07, 6.45) is 1.73. The van der Waals surface area contributed by atoms with Crippen LogP contribution in [0.4, 0.5) is 14.6 Å². The lowest BCUT2D eigenvalue weighted by Gasteiger charge is -2.31. The molecule has 1 aromatic carbocycles. The van der Waals surface area contributed by atoms with E-state index in [4.69, 9.17) is 9.88 Å². The molecule has 0 radical (unpaired) electrons. The number of carbonyl (C=O) groups is 1. The maximum absolute atomic E-state index is 14.3. The van der Waals surface area contributed by atoms with Gasteiger partial charge in [-0.1, -0.05) is 24.3 Å². The second kappa shape index (κ2) is 10.4. The number of halogens is 2. The van der Waals surface area contributed by atoms with Crippen molar-refractivity contribution in [3.63, 3.8) is 0 Å².